The molecule has 2 aliphatic heterocycles. The number of carbonyl (C=O) groups is 1. The summed E-state index contributed by atoms with van der Waals surface area (Å²) in [4.78, 5) is 13.8. The average molecular weight is 352 g/mol. The molecule has 0 unspecified atom stereocenters. The third-order valence-electron chi connectivity index (χ3n) is 4.49. The minimum Gasteiger partial charge on any atom is -0.361 e. The largest absolute Gasteiger partial charge is 0.361 e. The maximum Gasteiger partial charge on any atom is 0.161 e. The Balaban J connectivity index is 1.87. The smallest absolute Gasteiger partial charge is 0.161 e. The van der Waals surface area contributed by atoms with Crippen LogP contribution in [0.4, 0.5) is 0 Å². The number of nitrogens with one attached hydrogen (secondary N) is 1. The number of hydrogen-bond donors (Lipinski definition) is 1. The molecule has 0 fully saturated rings. The first kappa shape index (κ1) is 14.7. The van der Waals surface area contributed by atoms with Gasteiger partial charge in [0.15, 0.2) is 5.78 Å². The van der Waals surface area contributed by atoms with E-state index in [2.05, 4.69) is 5.32 Å². The van der Waals surface area contributed by atoms with E-state index in [4.69, 9.17) is 23.2 Å². The van der Waals surface area contributed by atoms with E-state index in [1.54, 1.807) is 0 Å². The summed E-state index contributed by atoms with van der Waals surface area (Å²) in [6, 6.07) is 5.74. The van der Waals surface area contributed by atoms with Gasteiger partial charge in [-0.25, -0.2) is 0 Å². The highest BCUT2D eigenvalue weighted by atomic mass is 35.5. The fraction of sp³-hybridized carbons (Fsp3) is 0.353. The monoisotopic (exact) mass is 351 g/mol. The van der Waals surface area contributed by atoms with E-state index in [0.29, 0.717) is 16.5 Å². The van der Waals surface area contributed by atoms with Crippen LogP contribution < -0.4 is 5.32 Å². The lowest BCUT2D eigenvalue weighted by molar-refractivity contribution is -0.116. The summed E-state index contributed by atoms with van der Waals surface area (Å²) in [7, 11) is 0. The molecule has 0 saturated heterocycles. The lowest BCUT2D eigenvalue weighted by Gasteiger charge is -2.33. The van der Waals surface area contributed by atoms with E-state index in [-0.39, 0.29) is 11.7 Å². The third kappa shape index (κ3) is 2.31. The van der Waals surface area contributed by atoms with Gasteiger partial charge in [-0.15, -0.1) is 11.8 Å². The van der Waals surface area contributed by atoms with Crippen molar-refractivity contribution in [3.8, 4) is 0 Å². The summed E-state index contributed by atoms with van der Waals surface area (Å²) in [5.41, 5.74) is 4.42. The van der Waals surface area contributed by atoms with Crippen LogP contribution in [-0.2, 0) is 4.79 Å². The van der Waals surface area contributed by atoms with Crippen molar-refractivity contribution in [2.24, 2.45) is 0 Å². The Morgan fingerprint density at radius 3 is 2.77 bits per heavy atom. The molecule has 0 aromatic heterocycles. The zero-order chi connectivity index (χ0) is 15.3. The molecule has 1 aromatic carbocycles. The van der Waals surface area contributed by atoms with Gasteiger partial charge in [0, 0.05) is 40.0 Å². The van der Waals surface area contributed by atoms with Crippen LogP contribution in [0.2, 0.25) is 10.0 Å². The molecule has 0 saturated carbocycles. The summed E-state index contributed by atoms with van der Waals surface area (Å²) in [5.74, 6) is 1.37. The number of benzene rings is 1. The number of ketones is 1. The lowest BCUT2D eigenvalue weighted by atomic mass is 9.79. The molecule has 1 atom stereocenters. The van der Waals surface area contributed by atoms with Gasteiger partial charge in [0.25, 0.3) is 0 Å². The third-order valence-corrected chi connectivity index (χ3v) is 6.43. The topological polar surface area (TPSA) is 29.1 Å². The summed E-state index contributed by atoms with van der Waals surface area (Å²) in [6.45, 7) is 0. The van der Waals surface area contributed by atoms with Crippen LogP contribution in [0, 0.1) is 0 Å². The first-order valence-electron chi connectivity index (χ1n) is 7.49. The van der Waals surface area contributed by atoms with Crippen LogP contribution in [-0.4, -0.2) is 11.5 Å². The number of thioether (sulfide) groups is 1. The second-order valence-corrected chi connectivity index (χ2v) is 7.79. The molecule has 1 N–H and O–H groups in total. The zero-order valence-corrected chi connectivity index (χ0v) is 14.2. The van der Waals surface area contributed by atoms with E-state index >= 15 is 0 Å². The Morgan fingerprint density at radius 2 is 1.95 bits per heavy atom. The summed E-state index contributed by atoms with van der Waals surface area (Å²) in [6.07, 6.45) is 3.59. The van der Waals surface area contributed by atoms with Crippen molar-refractivity contribution in [1.29, 1.82) is 0 Å². The van der Waals surface area contributed by atoms with Gasteiger partial charge < -0.3 is 5.32 Å². The Kier molecular flexibility index (Phi) is 3.75. The maximum atomic E-state index is 12.6. The van der Waals surface area contributed by atoms with Crippen molar-refractivity contribution in [2.75, 3.05) is 5.75 Å². The van der Waals surface area contributed by atoms with Crippen LogP contribution in [0.5, 0.6) is 0 Å². The number of halogens is 2. The Bertz CT molecular complexity index is 738. The van der Waals surface area contributed by atoms with Gasteiger partial charge in [0.2, 0.25) is 0 Å². The molecular formula is C17H15Cl2NOS. The molecule has 4 rings (SSSR count). The van der Waals surface area contributed by atoms with Crippen LogP contribution >= 0.6 is 35.0 Å². The van der Waals surface area contributed by atoms with E-state index < -0.39 is 0 Å². The van der Waals surface area contributed by atoms with Crippen molar-refractivity contribution in [3.05, 3.63) is 55.7 Å². The van der Waals surface area contributed by atoms with Gasteiger partial charge in [-0.05, 0) is 37.0 Å². The standard InChI is InChI=1S/C17H15Cl2NOS/c18-10-5-4-9(8-11(10)19)15-16-12(2-1-3-14(16)21)20-13-6-7-22-17(13)15/h4-5,8,15,20H,1-3,6-7H2/t15-/m0/s1. The summed E-state index contributed by atoms with van der Waals surface area (Å²) >= 11 is 14.1. The zero-order valence-electron chi connectivity index (χ0n) is 11.9. The highest BCUT2D eigenvalue weighted by Crippen LogP contribution is 2.50. The molecule has 22 heavy (non-hydrogen) atoms. The molecule has 0 amide bonds. The van der Waals surface area contributed by atoms with Crippen LogP contribution in [0.25, 0.3) is 0 Å². The minimum absolute atomic E-state index is 0.0290. The van der Waals surface area contributed by atoms with Gasteiger partial charge in [0.1, 0.15) is 0 Å². The van der Waals surface area contributed by atoms with E-state index in [9.17, 15) is 4.79 Å². The fourth-order valence-electron chi connectivity index (χ4n) is 3.51. The van der Waals surface area contributed by atoms with E-state index in [1.165, 1.54) is 10.6 Å². The molecule has 5 heteroatoms. The lowest BCUT2D eigenvalue weighted by Crippen LogP contribution is -2.30. The SMILES string of the molecule is O=C1CCCC2=C1[C@H](c1ccc(Cl)c(Cl)c1)C1=C(CCS1)N2. The molecule has 0 radical (unpaired) electrons. The number of hydrogen-bond acceptors (Lipinski definition) is 3. The van der Waals surface area contributed by atoms with Crippen molar-refractivity contribution < 1.29 is 4.79 Å². The number of rotatable bonds is 1. The van der Waals surface area contributed by atoms with Crippen LogP contribution in [0.3, 0.4) is 0 Å². The number of carbonyl (C=O) groups excluding carboxylic acids is 1. The number of allylic oxidation sites excluding steroid dienone is 4. The maximum absolute atomic E-state index is 12.6. The molecule has 2 heterocycles. The molecule has 1 aliphatic carbocycles. The Labute approximate surface area is 143 Å². The predicted molar refractivity (Wildman–Crippen MR) is 92.3 cm³/mol. The second-order valence-electron chi connectivity index (χ2n) is 5.84. The molecule has 2 nitrogen and oxygen atoms in total. The first-order chi connectivity index (χ1) is 10.6. The number of dihydropyridines is 1. The highest BCUT2D eigenvalue weighted by Gasteiger charge is 2.38. The van der Waals surface area contributed by atoms with Gasteiger partial charge in [0.05, 0.1) is 10.0 Å². The first-order valence-corrected chi connectivity index (χ1v) is 9.23. The highest BCUT2D eigenvalue weighted by molar-refractivity contribution is 8.03. The molecule has 0 spiro atoms. The quantitative estimate of drug-likeness (QED) is 0.768. The Hall–Kier alpha value is -0.900. The number of Topliss-reactive ketones (excluding diaryl/α,β-unsaturated/α-hetero) is 1. The van der Waals surface area contributed by atoms with Gasteiger partial charge >= 0.3 is 0 Å². The molecular weight excluding hydrogens is 337 g/mol. The van der Waals surface area contributed by atoms with Gasteiger partial charge in [-0.3, -0.25) is 4.79 Å². The van der Waals surface area contributed by atoms with Crippen LogP contribution in [0.1, 0.15) is 37.2 Å². The Morgan fingerprint density at radius 1 is 1.09 bits per heavy atom. The van der Waals surface area contributed by atoms with E-state index in [1.807, 2.05) is 30.0 Å². The van der Waals surface area contributed by atoms with E-state index in [0.717, 1.165) is 41.8 Å². The second kappa shape index (κ2) is 5.63. The summed E-state index contributed by atoms with van der Waals surface area (Å²) in [5, 5.41) is 4.63. The van der Waals surface area contributed by atoms with Crippen molar-refractivity contribution >= 4 is 40.7 Å². The molecule has 114 valence electrons. The average Bonchev–Trinajstić information content (AvgIpc) is 2.96. The fourth-order valence-corrected chi connectivity index (χ4v) is 5.09. The summed E-state index contributed by atoms with van der Waals surface area (Å²) < 4.78 is 0. The van der Waals surface area contributed by atoms with Gasteiger partial charge in [-0.1, -0.05) is 29.3 Å². The van der Waals surface area contributed by atoms with Gasteiger partial charge in [-0.2, -0.15) is 0 Å². The predicted octanol–water partition coefficient (Wildman–Crippen LogP) is 5.04. The molecule has 3 aliphatic rings. The van der Waals surface area contributed by atoms with Crippen LogP contribution in [0.15, 0.2) is 40.1 Å². The minimum atomic E-state index is 0.0290. The normalized spacial score (nSPS) is 24.3. The van der Waals surface area contributed by atoms with Crippen molar-refractivity contribution in [2.45, 2.75) is 31.6 Å². The van der Waals surface area contributed by atoms with Crippen molar-refractivity contribution in [3.63, 3.8) is 0 Å². The molecule has 0 bridgehead atoms. The molecule has 1 aromatic rings. The van der Waals surface area contributed by atoms with Crippen molar-refractivity contribution in [1.82, 2.24) is 5.32 Å².